The van der Waals surface area contributed by atoms with Gasteiger partial charge in [-0.1, -0.05) is 19.3 Å². The maximum Gasteiger partial charge on any atom is 0.410 e. The lowest BCUT2D eigenvalue weighted by Gasteiger charge is -2.32. The van der Waals surface area contributed by atoms with Gasteiger partial charge in [0.1, 0.15) is 5.60 Å². The maximum absolute atomic E-state index is 11.8. The quantitative estimate of drug-likeness (QED) is 0.735. The summed E-state index contributed by atoms with van der Waals surface area (Å²) in [6.45, 7) is 5.46. The lowest BCUT2D eigenvalue weighted by Crippen LogP contribution is -2.41. The van der Waals surface area contributed by atoms with Crippen molar-refractivity contribution in [3.63, 3.8) is 0 Å². The third-order valence-electron chi connectivity index (χ3n) is 2.80. The van der Waals surface area contributed by atoms with E-state index in [1.807, 2.05) is 27.8 Å². The van der Waals surface area contributed by atoms with Gasteiger partial charge in [-0.15, -0.1) is 0 Å². The molecule has 0 aromatic heterocycles. The third-order valence-corrected chi connectivity index (χ3v) is 2.80. The van der Waals surface area contributed by atoms with Crippen LogP contribution in [0.3, 0.4) is 0 Å². The summed E-state index contributed by atoms with van der Waals surface area (Å²) in [6.07, 6.45) is 5.83. The van der Waals surface area contributed by atoms with Crippen LogP contribution in [0.2, 0.25) is 0 Å². The lowest BCUT2D eigenvalue weighted by molar-refractivity contribution is -0.122. The molecule has 0 aromatic rings. The zero-order chi connectivity index (χ0) is 14.2. The number of carboxylic acid groups (broad SMARTS) is 1. The van der Waals surface area contributed by atoms with E-state index >= 15 is 0 Å². The van der Waals surface area contributed by atoms with Crippen LogP contribution < -0.4 is 0 Å². The predicted molar refractivity (Wildman–Crippen MR) is 69.6 cm³/mol. The van der Waals surface area contributed by atoms with E-state index in [0.29, 0.717) is 6.04 Å². The molecule has 0 spiro atoms. The average molecular weight is 259 g/mol. The molecule has 1 aliphatic carbocycles. The SMILES string of the molecule is CN(C(=O)OC(C)(C)C)C1CCCCC1.O=CO. The molecule has 0 heterocycles. The summed E-state index contributed by atoms with van der Waals surface area (Å²) in [5.74, 6) is 0. The minimum Gasteiger partial charge on any atom is -0.483 e. The van der Waals surface area contributed by atoms with Gasteiger partial charge in [0, 0.05) is 13.1 Å². The fourth-order valence-corrected chi connectivity index (χ4v) is 1.95. The van der Waals surface area contributed by atoms with Crippen LogP contribution in [-0.2, 0) is 9.53 Å². The Morgan fingerprint density at radius 1 is 1.28 bits per heavy atom. The molecule has 0 radical (unpaired) electrons. The molecule has 0 bridgehead atoms. The monoisotopic (exact) mass is 259 g/mol. The minimum atomic E-state index is -0.389. The second-order valence-corrected chi connectivity index (χ2v) is 5.49. The molecule has 0 aliphatic heterocycles. The molecular formula is C13H25NO4. The molecule has 106 valence electrons. The minimum absolute atomic E-state index is 0.186. The first-order valence-corrected chi connectivity index (χ1v) is 6.35. The van der Waals surface area contributed by atoms with Crippen molar-refractivity contribution >= 4 is 12.6 Å². The molecule has 1 saturated carbocycles. The maximum atomic E-state index is 11.8. The molecular weight excluding hydrogens is 234 g/mol. The number of rotatable bonds is 1. The zero-order valence-electron chi connectivity index (χ0n) is 11.8. The van der Waals surface area contributed by atoms with Gasteiger partial charge in [0.05, 0.1) is 0 Å². The van der Waals surface area contributed by atoms with Crippen LogP contribution in [0.25, 0.3) is 0 Å². The van der Waals surface area contributed by atoms with Gasteiger partial charge in [-0.25, -0.2) is 4.79 Å². The summed E-state index contributed by atoms with van der Waals surface area (Å²) < 4.78 is 5.34. The molecule has 0 saturated heterocycles. The van der Waals surface area contributed by atoms with Crippen LogP contribution in [0.4, 0.5) is 4.79 Å². The molecule has 0 aromatic carbocycles. The fraction of sp³-hybridized carbons (Fsp3) is 0.846. The number of carbonyl (C=O) groups excluding carboxylic acids is 1. The molecule has 1 amide bonds. The van der Waals surface area contributed by atoms with E-state index in [1.165, 1.54) is 19.3 Å². The smallest absolute Gasteiger partial charge is 0.410 e. The average Bonchev–Trinajstić information content (AvgIpc) is 2.28. The summed E-state index contributed by atoms with van der Waals surface area (Å²) in [5.41, 5.74) is -0.389. The van der Waals surface area contributed by atoms with Crippen molar-refractivity contribution in [2.24, 2.45) is 0 Å². The van der Waals surface area contributed by atoms with Crippen molar-refractivity contribution in [1.29, 1.82) is 0 Å². The van der Waals surface area contributed by atoms with E-state index in [0.717, 1.165) is 12.8 Å². The third kappa shape index (κ3) is 7.14. The van der Waals surface area contributed by atoms with Crippen LogP contribution >= 0.6 is 0 Å². The predicted octanol–water partition coefficient (Wildman–Crippen LogP) is 2.89. The Morgan fingerprint density at radius 3 is 2.11 bits per heavy atom. The van der Waals surface area contributed by atoms with Gasteiger partial charge >= 0.3 is 6.09 Å². The van der Waals surface area contributed by atoms with E-state index in [1.54, 1.807) is 4.90 Å². The van der Waals surface area contributed by atoms with Crippen molar-refractivity contribution in [2.45, 2.75) is 64.5 Å². The highest BCUT2D eigenvalue weighted by atomic mass is 16.6. The number of carbonyl (C=O) groups is 2. The largest absolute Gasteiger partial charge is 0.483 e. The van der Waals surface area contributed by atoms with Crippen LogP contribution in [0.1, 0.15) is 52.9 Å². The zero-order valence-corrected chi connectivity index (χ0v) is 11.8. The molecule has 5 nitrogen and oxygen atoms in total. The summed E-state index contributed by atoms with van der Waals surface area (Å²) in [6, 6.07) is 0.383. The van der Waals surface area contributed by atoms with Crippen LogP contribution in [0, 0.1) is 0 Å². The van der Waals surface area contributed by atoms with E-state index in [9.17, 15) is 4.79 Å². The number of amides is 1. The molecule has 1 N–H and O–H groups in total. The van der Waals surface area contributed by atoms with Crippen molar-refractivity contribution < 1.29 is 19.4 Å². The molecule has 18 heavy (non-hydrogen) atoms. The summed E-state index contributed by atoms with van der Waals surface area (Å²) in [7, 11) is 1.85. The Hall–Kier alpha value is -1.26. The first kappa shape index (κ1) is 16.7. The standard InChI is InChI=1S/C12H23NO2.CH2O2/c1-12(2,3)15-11(14)13(4)10-8-6-5-7-9-10;2-1-3/h10H,5-9H2,1-4H3;1H,(H,2,3). The van der Waals surface area contributed by atoms with Gasteiger partial charge in [-0.05, 0) is 33.6 Å². The van der Waals surface area contributed by atoms with Crippen molar-refractivity contribution in [1.82, 2.24) is 4.90 Å². The van der Waals surface area contributed by atoms with Crippen molar-refractivity contribution in [3.8, 4) is 0 Å². The van der Waals surface area contributed by atoms with Gasteiger partial charge < -0.3 is 14.7 Å². The first-order valence-electron chi connectivity index (χ1n) is 6.35. The molecule has 1 fully saturated rings. The fourth-order valence-electron chi connectivity index (χ4n) is 1.95. The Balaban J connectivity index is 0.000000873. The second kappa shape index (κ2) is 7.95. The molecule has 1 rings (SSSR count). The molecule has 0 atom stereocenters. The normalized spacial score (nSPS) is 16.2. The number of hydrogen-bond acceptors (Lipinski definition) is 3. The van der Waals surface area contributed by atoms with E-state index in [4.69, 9.17) is 14.6 Å². The van der Waals surface area contributed by atoms with Crippen LogP contribution in [0.15, 0.2) is 0 Å². The summed E-state index contributed by atoms with van der Waals surface area (Å²) in [4.78, 5) is 21.9. The topological polar surface area (TPSA) is 66.8 Å². The van der Waals surface area contributed by atoms with Crippen molar-refractivity contribution in [3.05, 3.63) is 0 Å². The van der Waals surface area contributed by atoms with Gasteiger partial charge in [0.2, 0.25) is 0 Å². The lowest BCUT2D eigenvalue weighted by atomic mass is 9.95. The summed E-state index contributed by atoms with van der Waals surface area (Å²) in [5, 5.41) is 6.89. The molecule has 5 heteroatoms. The van der Waals surface area contributed by atoms with E-state index < -0.39 is 0 Å². The Kier molecular flexibility index (Phi) is 7.39. The number of hydrogen-bond donors (Lipinski definition) is 1. The highest BCUT2D eigenvalue weighted by Gasteiger charge is 2.26. The van der Waals surface area contributed by atoms with Crippen LogP contribution in [0.5, 0.6) is 0 Å². The first-order chi connectivity index (χ1) is 8.31. The number of nitrogens with zero attached hydrogens (tertiary/aromatic N) is 1. The molecule has 1 aliphatic rings. The van der Waals surface area contributed by atoms with Crippen molar-refractivity contribution in [2.75, 3.05) is 7.05 Å². The Bertz CT molecular complexity index is 254. The van der Waals surface area contributed by atoms with Gasteiger partial charge in [0.15, 0.2) is 0 Å². The van der Waals surface area contributed by atoms with Gasteiger partial charge in [-0.3, -0.25) is 4.79 Å². The van der Waals surface area contributed by atoms with Crippen LogP contribution in [-0.4, -0.2) is 41.3 Å². The molecule has 0 unspecified atom stereocenters. The van der Waals surface area contributed by atoms with E-state index in [2.05, 4.69) is 0 Å². The number of ether oxygens (including phenoxy) is 1. The Labute approximate surface area is 109 Å². The van der Waals surface area contributed by atoms with Gasteiger partial charge in [0.25, 0.3) is 6.47 Å². The highest BCUT2D eigenvalue weighted by molar-refractivity contribution is 5.68. The Morgan fingerprint density at radius 2 is 1.72 bits per heavy atom. The summed E-state index contributed by atoms with van der Waals surface area (Å²) >= 11 is 0. The van der Waals surface area contributed by atoms with E-state index in [-0.39, 0.29) is 18.2 Å². The second-order valence-electron chi connectivity index (χ2n) is 5.49. The van der Waals surface area contributed by atoms with Gasteiger partial charge in [-0.2, -0.15) is 0 Å². The highest BCUT2D eigenvalue weighted by Crippen LogP contribution is 2.22.